The Kier molecular flexibility index (Phi) is 3.09. The molecule has 2 nitrogen and oxygen atoms in total. The Balaban J connectivity index is 2.11. The van der Waals surface area contributed by atoms with E-state index in [1.807, 2.05) is 0 Å². The van der Waals surface area contributed by atoms with E-state index < -0.39 is 6.17 Å². The maximum absolute atomic E-state index is 12.6. The van der Waals surface area contributed by atoms with Gasteiger partial charge in [0, 0.05) is 19.8 Å². The molecule has 0 aromatic heterocycles. The molecule has 2 atom stereocenters. The molecule has 3 heteroatoms. The van der Waals surface area contributed by atoms with E-state index in [0.717, 1.165) is 19.6 Å². The summed E-state index contributed by atoms with van der Waals surface area (Å²) >= 11 is 0. The highest BCUT2D eigenvalue weighted by Crippen LogP contribution is 2.18. The topological polar surface area (TPSA) is 35.2 Å². The highest BCUT2D eigenvalue weighted by Gasteiger charge is 2.19. The van der Waals surface area contributed by atoms with Crippen molar-refractivity contribution in [1.29, 1.82) is 0 Å². The van der Waals surface area contributed by atoms with Crippen molar-refractivity contribution in [3.63, 3.8) is 0 Å². The number of alkyl halides is 1. The molecule has 1 heterocycles. The van der Waals surface area contributed by atoms with Crippen molar-refractivity contribution in [2.45, 2.75) is 19.0 Å². The Morgan fingerprint density at radius 2 is 2.50 bits per heavy atom. The average molecular weight is 147 g/mol. The molecule has 0 radical (unpaired) electrons. The molecule has 0 aliphatic carbocycles. The van der Waals surface area contributed by atoms with Crippen LogP contribution in [0.2, 0.25) is 0 Å². The van der Waals surface area contributed by atoms with Gasteiger partial charge in [-0.1, -0.05) is 0 Å². The summed E-state index contributed by atoms with van der Waals surface area (Å²) in [4.78, 5) is 0. The lowest BCUT2D eigenvalue weighted by atomic mass is 10.0. The van der Waals surface area contributed by atoms with Crippen molar-refractivity contribution in [2.24, 2.45) is 11.7 Å². The second kappa shape index (κ2) is 3.88. The zero-order chi connectivity index (χ0) is 7.40. The van der Waals surface area contributed by atoms with Crippen LogP contribution in [0.4, 0.5) is 4.39 Å². The summed E-state index contributed by atoms with van der Waals surface area (Å²) in [6.45, 7) is 1.67. The smallest absolute Gasteiger partial charge is 0.113 e. The molecule has 0 unspecified atom stereocenters. The molecule has 0 bridgehead atoms. The molecular formula is C7H14FNO. The number of rotatable bonds is 3. The van der Waals surface area contributed by atoms with Gasteiger partial charge in [-0.3, -0.25) is 0 Å². The van der Waals surface area contributed by atoms with Gasteiger partial charge in [0.25, 0.3) is 0 Å². The van der Waals surface area contributed by atoms with Gasteiger partial charge < -0.3 is 10.5 Å². The number of nitrogens with two attached hydrogens (primary N) is 1. The minimum atomic E-state index is -0.827. The van der Waals surface area contributed by atoms with E-state index in [2.05, 4.69) is 0 Å². The average Bonchev–Trinajstić information content (AvgIpc) is 2.40. The predicted molar refractivity (Wildman–Crippen MR) is 37.5 cm³/mol. The first-order valence-electron chi connectivity index (χ1n) is 3.75. The zero-order valence-electron chi connectivity index (χ0n) is 6.05. The molecular weight excluding hydrogens is 133 g/mol. The lowest BCUT2D eigenvalue weighted by Gasteiger charge is -2.08. The molecule has 1 aliphatic rings. The number of hydrogen-bond donors (Lipinski definition) is 1. The molecule has 1 saturated heterocycles. The van der Waals surface area contributed by atoms with Crippen LogP contribution in [0.1, 0.15) is 12.8 Å². The van der Waals surface area contributed by atoms with E-state index in [1.165, 1.54) is 0 Å². The van der Waals surface area contributed by atoms with Crippen molar-refractivity contribution in [2.75, 3.05) is 19.8 Å². The molecule has 0 aromatic carbocycles. The number of halogens is 1. The molecule has 60 valence electrons. The summed E-state index contributed by atoms with van der Waals surface area (Å²) < 4.78 is 17.7. The van der Waals surface area contributed by atoms with E-state index in [9.17, 15) is 4.39 Å². The van der Waals surface area contributed by atoms with Gasteiger partial charge in [-0.25, -0.2) is 4.39 Å². The van der Waals surface area contributed by atoms with Gasteiger partial charge >= 0.3 is 0 Å². The maximum atomic E-state index is 12.6. The summed E-state index contributed by atoms with van der Waals surface area (Å²) in [5.74, 6) is 0.415. The fourth-order valence-corrected chi connectivity index (χ4v) is 1.23. The van der Waals surface area contributed by atoms with E-state index >= 15 is 0 Å². The number of hydrogen-bond acceptors (Lipinski definition) is 2. The third-order valence-corrected chi connectivity index (χ3v) is 1.87. The Labute approximate surface area is 60.5 Å². The van der Waals surface area contributed by atoms with Crippen LogP contribution < -0.4 is 5.73 Å². The van der Waals surface area contributed by atoms with Crippen LogP contribution in [0.15, 0.2) is 0 Å². The van der Waals surface area contributed by atoms with Gasteiger partial charge in [-0.05, 0) is 18.8 Å². The van der Waals surface area contributed by atoms with Crippen LogP contribution in [0.5, 0.6) is 0 Å². The van der Waals surface area contributed by atoms with Gasteiger partial charge in [0.15, 0.2) is 0 Å². The summed E-state index contributed by atoms with van der Waals surface area (Å²) in [5, 5.41) is 0. The number of ether oxygens (including phenoxy) is 1. The summed E-state index contributed by atoms with van der Waals surface area (Å²) in [7, 11) is 0. The van der Waals surface area contributed by atoms with Crippen LogP contribution in [0, 0.1) is 5.92 Å². The summed E-state index contributed by atoms with van der Waals surface area (Å²) in [6.07, 6.45) is 0.753. The molecule has 0 aromatic rings. The minimum absolute atomic E-state index is 0.149. The van der Waals surface area contributed by atoms with Gasteiger partial charge in [0.05, 0.1) is 0 Å². The molecule has 1 rings (SSSR count). The van der Waals surface area contributed by atoms with Gasteiger partial charge in [0.2, 0.25) is 0 Å². The largest absolute Gasteiger partial charge is 0.381 e. The van der Waals surface area contributed by atoms with Crippen LogP contribution in [0.3, 0.4) is 0 Å². The molecule has 0 amide bonds. The minimum Gasteiger partial charge on any atom is -0.381 e. The summed E-state index contributed by atoms with van der Waals surface area (Å²) in [6, 6.07) is 0. The Bertz CT molecular complexity index is 93.6. The fourth-order valence-electron chi connectivity index (χ4n) is 1.23. The van der Waals surface area contributed by atoms with E-state index in [1.54, 1.807) is 0 Å². The molecule has 0 spiro atoms. The first-order chi connectivity index (χ1) is 4.83. The van der Waals surface area contributed by atoms with Crippen LogP contribution in [0.25, 0.3) is 0 Å². The summed E-state index contributed by atoms with van der Waals surface area (Å²) in [5.41, 5.74) is 5.13. The third-order valence-electron chi connectivity index (χ3n) is 1.87. The molecule has 1 aliphatic heterocycles. The van der Waals surface area contributed by atoms with Crippen molar-refractivity contribution in [3.05, 3.63) is 0 Å². The van der Waals surface area contributed by atoms with Gasteiger partial charge in [-0.2, -0.15) is 0 Å². The van der Waals surface area contributed by atoms with Gasteiger partial charge in [0.1, 0.15) is 6.17 Å². The first-order valence-corrected chi connectivity index (χ1v) is 3.75. The van der Waals surface area contributed by atoms with Crippen molar-refractivity contribution >= 4 is 0 Å². The molecule has 0 saturated carbocycles. The SMILES string of the molecule is NC[C@H](F)C[C@H]1CCOC1. The van der Waals surface area contributed by atoms with Crippen molar-refractivity contribution < 1.29 is 9.13 Å². The Morgan fingerprint density at radius 3 is 3.00 bits per heavy atom. The second-order valence-corrected chi connectivity index (χ2v) is 2.80. The standard InChI is InChI=1S/C7H14FNO/c8-7(4-9)3-6-1-2-10-5-6/h6-7H,1-5,9H2/t6-,7-/m1/s1. The molecule has 2 N–H and O–H groups in total. The quantitative estimate of drug-likeness (QED) is 0.638. The zero-order valence-corrected chi connectivity index (χ0v) is 6.05. The van der Waals surface area contributed by atoms with E-state index in [4.69, 9.17) is 10.5 Å². The van der Waals surface area contributed by atoms with Crippen LogP contribution >= 0.6 is 0 Å². The second-order valence-electron chi connectivity index (χ2n) is 2.80. The third kappa shape index (κ3) is 2.23. The Hall–Kier alpha value is -0.150. The first kappa shape index (κ1) is 7.95. The lowest BCUT2D eigenvalue weighted by molar-refractivity contribution is 0.175. The Morgan fingerprint density at radius 1 is 1.70 bits per heavy atom. The van der Waals surface area contributed by atoms with Crippen LogP contribution in [-0.4, -0.2) is 25.9 Å². The van der Waals surface area contributed by atoms with Crippen molar-refractivity contribution in [3.8, 4) is 0 Å². The lowest BCUT2D eigenvalue weighted by Crippen LogP contribution is -2.19. The van der Waals surface area contributed by atoms with E-state index in [-0.39, 0.29) is 6.54 Å². The fraction of sp³-hybridized carbons (Fsp3) is 1.00. The maximum Gasteiger partial charge on any atom is 0.113 e. The van der Waals surface area contributed by atoms with E-state index in [0.29, 0.717) is 12.3 Å². The normalized spacial score (nSPS) is 28.8. The predicted octanol–water partition coefficient (Wildman–Crippen LogP) is 0.710. The monoisotopic (exact) mass is 147 g/mol. The highest BCUT2D eigenvalue weighted by atomic mass is 19.1. The van der Waals surface area contributed by atoms with Gasteiger partial charge in [-0.15, -0.1) is 0 Å². The molecule has 1 fully saturated rings. The highest BCUT2D eigenvalue weighted by molar-refractivity contribution is 4.69. The van der Waals surface area contributed by atoms with Crippen LogP contribution in [-0.2, 0) is 4.74 Å². The molecule has 10 heavy (non-hydrogen) atoms. The van der Waals surface area contributed by atoms with Crippen molar-refractivity contribution in [1.82, 2.24) is 0 Å².